The Kier molecular flexibility index (Phi) is 8.74. The van der Waals surface area contributed by atoms with Crippen molar-refractivity contribution in [1.82, 2.24) is 35.6 Å². The Balaban J connectivity index is 1.65. The molecular formula is C33H40N8O3. The Labute approximate surface area is 257 Å². The van der Waals surface area contributed by atoms with Crippen molar-refractivity contribution in [3.63, 3.8) is 0 Å². The van der Waals surface area contributed by atoms with Crippen molar-refractivity contribution in [3.05, 3.63) is 98.4 Å². The fourth-order valence-corrected chi connectivity index (χ4v) is 6.79. The molecule has 11 nitrogen and oxygen atoms in total. The number of likely N-dealkylation sites (tertiary alicyclic amines) is 1. The van der Waals surface area contributed by atoms with Gasteiger partial charge in [-0.15, -0.1) is 0 Å². The molecule has 2 aromatic carbocycles. The number of rotatable bonds is 9. The first-order valence-electron chi connectivity index (χ1n) is 15.0. The van der Waals surface area contributed by atoms with Crippen molar-refractivity contribution < 1.29 is 9.59 Å². The lowest BCUT2D eigenvalue weighted by atomic mass is 9.67. The van der Waals surface area contributed by atoms with E-state index in [4.69, 9.17) is 5.10 Å². The van der Waals surface area contributed by atoms with Gasteiger partial charge in [0.15, 0.2) is 0 Å². The van der Waals surface area contributed by atoms with E-state index in [2.05, 4.69) is 45.4 Å². The zero-order valence-electron chi connectivity index (χ0n) is 25.8. The van der Waals surface area contributed by atoms with E-state index >= 15 is 0 Å². The van der Waals surface area contributed by atoms with Gasteiger partial charge >= 0.3 is 5.69 Å². The minimum absolute atomic E-state index is 0.101. The summed E-state index contributed by atoms with van der Waals surface area (Å²) in [6, 6.07) is 13.5. The first kappa shape index (κ1) is 30.8. The molecule has 0 radical (unpaired) electrons. The molecule has 44 heavy (non-hydrogen) atoms. The van der Waals surface area contributed by atoms with Gasteiger partial charge in [0.25, 0.3) is 11.8 Å². The molecule has 11 heteroatoms. The lowest BCUT2D eigenvalue weighted by Crippen LogP contribution is -2.42. The van der Waals surface area contributed by atoms with Crippen LogP contribution < -0.4 is 21.6 Å². The number of H-pyrrole nitrogens is 1. The van der Waals surface area contributed by atoms with Gasteiger partial charge in [0.05, 0.1) is 11.5 Å². The number of hydrogen-bond donors (Lipinski definition) is 4. The molecule has 0 spiro atoms. The molecule has 230 valence electrons. The highest BCUT2D eigenvalue weighted by molar-refractivity contribution is 5.95. The Morgan fingerprint density at radius 2 is 1.70 bits per heavy atom. The average Bonchev–Trinajstić information content (AvgIpc) is 3.63. The molecule has 1 fully saturated rings. The van der Waals surface area contributed by atoms with E-state index in [0.29, 0.717) is 42.8 Å². The Hall–Kier alpha value is -4.69. The molecule has 2 aliphatic rings. The van der Waals surface area contributed by atoms with Crippen LogP contribution in [0.2, 0.25) is 0 Å². The van der Waals surface area contributed by atoms with Crippen molar-refractivity contribution in [2.24, 2.45) is 7.05 Å². The van der Waals surface area contributed by atoms with Gasteiger partial charge in [-0.3, -0.25) is 14.6 Å². The van der Waals surface area contributed by atoms with Gasteiger partial charge in [-0.25, -0.2) is 9.48 Å². The number of aryl methyl sites for hydroxylation is 3. The highest BCUT2D eigenvalue weighted by Crippen LogP contribution is 2.47. The predicted molar refractivity (Wildman–Crippen MR) is 167 cm³/mol. The molecule has 2 heterocycles. The van der Waals surface area contributed by atoms with Gasteiger partial charge in [-0.1, -0.05) is 18.7 Å². The number of aromatic nitrogens is 3. The minimum atomic E-state index is -0.916. The van der Waals surface area contributed by atoms with Crippen LogP contribution in [-0.4, -0.2) is 70.7 Å². The molecule has 1 aliphatic heterocycles. The summed E-state index contributed by atoms with van der Waals surface area (Å²) >= 11 is 0. The fraction of sp³-hybridized carbons (Fsp3) is 0.424. The van der Waals surface area contributed by atoms with Crippen LogP contribution in [0.4, 0.5) is 0 Å². The molecular weight excluding hydrogens is 556 g/mol. The standard InChI is InChI=1S/C33H40N8O3/c1-20(37-19-21(2)41-14-6-7-26(41)18-34)17-33(31-38-32(44)40(5)39-31)27-12-10-24(29(42)35-3)15-22(27)8-9-23-16-25(30(43)36-4)11-13-28(23)33/h10-13,15-16,20,26,37H,2,6-9,14,17,19H2,1,3-5H3,(H,35,42)(H,36,43)(H,38,39,44)/t20-,26?/m0/s1. The zero-order valence-corrected chi connectivity index (χ0v) is 25.8. The number of nitriles is 1. The number of carbonyl (C=O) groups is 2. The number of nitrogens with one attached hydrogen (secondary N) is 4. The number of hydrogen-bond acceptors (Lipinski definition) is 7. The topological polar surface area (TPSA) is 148 Å². The highest BCUT2D eigenvalue weighted by Gasteiger charge is 2.45. The monoisotopic (exact) mass is 596 g/mol. The fourth-order valence-electron chi connectivity index (χ4n) is 6.79. The van der Waals surface area contributed by atoms with Crippen LogP contribution >= 0.6 is 0 Å². The molecule has 1 unspecified atom stereocenters. The van der Waals surface area contributed by atoms with E-state index < -0.39 is 5.41 Å². The summed E-state index contributed by atoms with van der Waals surface area (Å²) in [6.45, 7) is 7.67. The summed E-state index contributed by atoms with van der Waals surface area (Å²) < 4.78 is 1.30. The number of aromatic amines is 1. The van der Waals surface area contributed by atoms with Crippen molar-refractivity contribution >= 4 is 11.8 Å². The number of amides is 2. The number of fused-ring (bicyclic) bond motifs is 2. The number of carbonyl (C=O) groups excluding carboxylic acids is 2. The number of benzene rings is 2. The van der Waals surface area contributed by atoms with Crippen LogP contribution in [0.3, 0.4) is 0 Å². The van der Waals surface area contributed by atoms with Crippen LogP contribution in [-0.2, 0) is 25.3 Å². The van der Waals surface area contributed by atoms with Crippen molar-refractivity contribution in [3.8, 4) is 6.07 Å². The molecule has 4 N–H and O–H groups in total. The summed E-state index contributed by atoms with van der Waals surface area (Å²) in [5.74, 6) is 0.130. The average molecular weight is 597 g/mol. The maximum absolute atomic E-state index is 12.9. The van der Waals surface area contributed by atoms with Crippen LogP contribution in [0.1, 0.15) is 75.0 Å². The van der Waals surface area contributed by atoms with Gasteiger partial charge < -0.3 is 20.9 Å². The smallest absolute Gasteiger partial charge is 0.343 e. The predicted octanol–water partition coefficient (Wildman–Crippen LogP) is 2.13. The summed E-state index contributed by atoms with van der Waals surface area (Å²) in [5, 5.41) is 23.3. The Morgan fingerprint density at radius 3 is 2.20 bits per heavy atom. The van der Waals surface area contributed by atoms with E-state index in [1.165, 1.54) is 4.68 Å². The second-order valence-corrected chi connectivity index (χ2v) is 11.7. The molecule has 2 amide bonds. The SMILES string of the molecule is C=C(CN[C@@H](C)CC1(c2nn(C)c(=O)[nH]2)c2ccc(C(=O)NC)cc2CCc2cc(C(=O)NC)ccc21)N1CCCC1C#N. The van der Waals surface area contributed by atoms with Gasteiger partial charge in [0.1, 0.15) is 11.9 Å². The molecule has 2 atom stereocenters. The van der Waals surface area contributed by atoms with Crippen LogP contribution in [0.15, 0.2) is 53.5 Å². The Bertz CT molecular complexity index is 1630. The summed E-state index contributed by atoms with van der Waals surface area (Å²) in [4.78, 5) is 43.3. The maximum atomic E-state index is 12.9. The van der Waals surface area contributed by atoms with E-state index in [1.54, 1.807) is 21.1 Å². The quantitative estimate of drug-likeness (QED) is 0.296. The minimum Gasteiger partial charge on any atom is -0.358 e. The van der Waals surface area contributed by atoms with Crippen LogP contribution in [0, 0.1) is 11.3 Å². The second-order valence-electron chi connectivity index (χ2n) is 11.7. The lowest BCUT2D eigenvalue weighted by molar-refractivity contribution is 0.0955. The van der Waals surface area contributed by atoms with Crippen LogP contribution in [0.5, 0.6) is 0 Å². The van der Waals surface area contributed by atoms with E-state index in [0.717, 1.165) is 47.3 Å². The molecule has 1 aliphatic carbocycles. The van der Waals surface area contributed by atoms with Gasteiger partial charge in [0.2, 0.25) is 0 Å². The third-order valence-corrected chi connectivity index (χ3v) is 9.02. The van der Waals surface area contributed by atoms with E-state index in [-0.39, 0.29) is 29.6 Å². The normalized spacial score (nSPS) is 17.5. The third kappa shape index (κ3) is 5.53. The van der Waals surface area contributed by atoms with E-state index in [9.17, 15) is 19.6 Å². The highest BCUT2D eigenvalue weighted by atomic mass is 16.2. The first-order chi connectivity index (χ1) is 21.1. The summed E-state index contributed by atoms with van der Waals surface area (Å²) in [6.07, 6.45) is 3.57. The van der Waals surface area contributed by atoms with Crippen molar-refractivity contribution in [2.45, 2.75) is 56.5 Å². The second kappa shape index (κ2) is 12.5. The molecule has 1 saturated heterocycles. The van der Waals surface area contributed by atoms with Crippen molar-refractivity contribution in [2.75, 3.05) is 27.2 Å². The third-order valence-electron chi connectivity index (χ3n) is 9.02. The molecule has 1 aromatic heterocycles. The van der Waals surface area contributed by atoms with Crippen LogP contribution in [0.25, 0.3) is 0 Å². The zero-order chi connectivity index (χ0) is 31.6. The van der Waals surface area contributed by atoms with Crippen molar-refractivity contribution in [1.29, 1.82) is 5.26 Å². The molecule has 0 saturated carbocycles. The molecule has 3 aromatic rings. The Morgan fingerprint density at radius 1 is 1.11 bits per heavy atom. The van der Waals surface area contributed by atoms with Gasteiger partial charge in [-0.2, -0.15) is 10.4 Å². The molecule has 5 rings (SSSR count). The summed E-state index contributed by atoms with van der Waals surface area (Å²) in [7, 11) is 4.83. The molecule has 0 bridgehead atoms. The van der Waals surface area contributed by atoms with Gasteiger partial charge in [0, 0.05) is 57.1 Å². The number of nitrogens with zero attached hydrogens (tertiary/aromatic N) is 4. The summed E-state index contributed by atoms with van der Waals surface area (Å²) in [5.41, 5.74) is 4.56. The van der Waals surface area contributed by atoms with Gasteiger partial charge in [-0.05, 0) is 85.5 Å². The maximum Gasteiger partial charge on any atom is 0.343 e. The lowest BCUT2D eigenvalue weighted by Gasteiger charge is -2.37. The first-order valence-corrected chi connectivity index (χ1v) is 15.0. The van der Waals surface area contributed by atoms with E-state index in [1.807, 2.05) is 36.4 Å². The largest absolute Gasteiger partial charge is 0.358 e.